The van der Waals surface area contributed by atoms with Crippen molar-refractivity contribution in [2.45, 2.75) is 57.7 Å². The van der Waals surface area contributed by atoms with E-state index in [-0.39, 0.29) is 12.7 Å². The highest BCUT2D eigenvalue weighted by molar-refractivity contribution is 4.58. The lowest BCUT2D eigenvalue weighted by molar-refractivity contribution is -0.0310. The molecule has 0 aromatic carbocycles. The zero-order chi connectivity index (χ0) is 12.9. The smallest absolute Gasteiger partial charge is 0.0807 e. The molecule has 4 nitrogen and oxygen atoms in total. The zero-order valence-electron chi connectivity index (χ0n) is 11.2. The zero-order valence-corrected chi connectivity index (χ0v) is 11.2. The molecule has 4 heteroatoms. The van der Waals surface area contributed by atoms with E-state index >= 15 is 0 Å². The summed E-state index contributed by atoms with van der Waals surface area (Å²) in [7, 11) is 1.73. The summed E-state index contributed by atoms with van der Waals surface area (Å²) in [6, 6.07) is 0. The normalized spacial score (nSPS) is 14.8. The van der Waals surface area contributed by atoms with E-state index in [1.54, 1.807) is 14.0 Å². The minimum absolute atomic E-state index is 0.0381. The largest absolute Gasteiger partial charge is 0.394 e. The topological polar surface area (TPSA) is 58.9 Å². The van der Waals surface area contributed by atoms with E-state index in [1.165, 1.54) is 12.8 Å². The van der Waals surface area contributed by atoms with E-state index in [4.69, 9.17) is 19.7 Å². The van der Waals surface area contributed by atoms with Crippen molar-refractivity contribution in [3.8, 4) is 0 Å². The summed E-state index contributed by atoms with van der Waals surface area (Å²) in [6.07, 6.45) is 6.05. The number of ether oxygens (including phenoxy) is 2. The molecule has 0 amide bonds. The highest BCUT2D eigenvalue weighted by atomic mass is 16.5. The molecule has 0 heterocycles. The number of methoxy groups -OCH3 is 1. The Labute approximate surface area is 105 Å². The van der Waals surface area contributed by atoms with E-state index in [2.05, 4.69) is 0 Å². The Bertz CT molecular complexity index is 150. The van der Waals surface area contributed by atoms with Gasteiger partial charge in [0.15, 0.2) is 0 Å². The summed E-state index contributed by atoms with van der Waals surface area (Å²) in [6.45, 7) is 2.87. The Morgan fingerprint density at radius 1 is 1.06 bits per heavy atom. The second-order valence-electron chi connectivity index (χ2n) is 4.54. The van der Waals surface area contributed by atoms with E-state index in [9.17, 15) is 0 Å². The molecule has 0 bridgehead atoms. The fraction of sp³-hybridized carbons (Fsp3) is 1.00. The first-order valence-electron chi connectivity index (χ1n) is 6.60. The summed E-state index contributed by atoms with van der Waals surface area (Å²) in [5.41, 5.74) is 0. The second kappa shape index (κ2) is 12.3. The predicted octanol–water partition coefficient (Wildman–Crippen LogP) is 1.73. The Morgan fingerprint density at radius 3 is 2.29 bits per heavy atom. The Kier molecular flexibility index (Phi) is 12.2. The number of unbranched alkanes of at least 4 members (excludes halogenated alkanes) is 4. The van der Waals surface area contributed by atoms with Gasteiger partial charge < -0.3 is 19.7 Å². The molecule has 2 N–H and O–H groups in total. The lowest BCUT2D eigenvalue weighted by atomic mass is 10.1. The maximum absolute atomic E-state index is 9.09. The summed E-state index contributed by atoms with van der Waals surface area (Å²) >= 11 is 0. The van der Waals surface area contributed by atoms with Gasteiger partial charge in [0.25, 0.3) is 0 Å². The number of aliphatic hydroxyl groups is 2. The molecule has 0 aliphatic carbocycles. The maximum atomic E-state index is 9.09. The average molecular weight is 248 g/mol. The summed E-state index contributed by atoms with van der Waals surface area (Å²) < 4.78 is 10.4. The van der Waals surface area contributed by atoms with E-state index in [0.29, 0.717) is 6.61 Å². The number of rotatable bonds is 12. The standard InChI is InChI=1S/C13H28O4/c1-12(15)11-17-13(10-14)8-6-4-3-5-7-9-16-2/h12-15H,3-11H2,1-2H3. The van der Waals surface area contributed by atoms with Gasteiger partial charge in [-0.05, 0) is 19.8 Å². The Morgan fingerprint density at radius 2 is 1.71 bits per heavy atom. The van der Waals surface area contributed by atoms with Crippen molar-refractivity contribution >= 4 is 0 Å². The third-order valence-corrected chi connectivity index (χ3v) is 2.65. The molecule has 0 aromatic rings. The van der Waals surface area contributed by atoms with Gasteiger partial charge in [0.1, 0.15) is 0 Å². The van der Waals surface area contributed by atoms with Gasteiger partial charge in [-0.2, -0.15) is 0 Å². The third-order valence-electron chi connectivity index (χ3n) is 2.65. The van der Waals surface area contributed by atoms with Crippen LogP contribution in [0.1, 0.15) is 45.4 Å². The summed E-state index contributed by atoms with van der Waals surface area (Å²) in [5, 5.41) is 18.2. The van der Waals surface area contributed by atoms with Crippen molar-refractivity contribution in [3.05, 3.63) is 0 Å². The van der Waals surface area contributed by atoms with Crippen LogP contribution in [-0.2, 0) is 9.47 Å². The van der Waals surface area contributed by atoms with Gasteiger partial charge >= 0.3 is 0 Å². The molecule has 0 radical (unpaired) electrons. The molecule has 0 rings (SSSR count). The highest BCUT2D eigenvalue weighted by Crippen LogP contribution is 2.09. The first-order valence-corrected chi connectivity index (χ1v) is 6.60. The molecular weight excluding hydrogens is 220 g/mol. The van der Waals surface area contributed by atoms with Crippen LogP contribution >= 0.6 is 0 Å². The van der Waals surface area contributed by atoms with E-state index in [1.807, 2.05) is 0 Å². The van der Waals surface area contributed by atoms with Crippen LogP contribution in [0.4, 0.5) is 0 Å². The second-order valence-corrected chi connectivity index (χ2v) is 4.54. The van der Waals surface area contributed by atoms with E-state index < -0.39 is 6.10 Å². The van der Waals surface area contributed by atoms with Crippen LogP contribution in [0.5, 0.6) is 0 Å². The minimum atomic E-state index is -0.460. The van der Waals surface area contributed by atoms with Gasteiger partial charge in [-0.25, -0.2) is 0 Å². The van der Waals surface area contributed by atoms with Gasteiger partial charge in [0, 0.05) is 13.7 Å². The SMILES string of the molecule is COCCCCCCCC(CO)OCC(C)O. The van der Waals surface area contributed by atoms with Crippen molar-refractivity contribution < 1.29 is 19.7 Å². The van der Waals surface area contributed by atoms with Crippen LogP contribution in [-0.4, -0.2) is 49.4 Å². The molecule has 0 saturated carbocycles. The Balaban J connectivity index is 3.31. The molecule has 0 fully saturated rings. The molecule has 104 valence electrons. The molecule has 17 heavy (non-hydrogen) atoms. The van der Waals surface area contributed by atoms with Crippen molar-refractivity contribution in [2.24, 2.45) is 0 Å². The molecule has 0 saturated heterocycles. The first kappa shape index (κ1) is 16.8. The van der Waals surface area contributed by atoms with Crippen LogP contribution in [0.15, 0.2) is 0 Å². The van der Waals surface area contributed by atoms with Crippen LogP contribution in [0.25, 0.3) is 0 Å². The first-order chi connectivity index (χ1) is 8.20. The van der Waals surface area contributed by atoms with E-state index in [0.717, 1.165) is 32.3 Å². The molecule has 2 atom stereocenters. The predicted molar refractivity (Wildman–Crippen MR) is 68.1 cm³/mol. The van der Waals surface area contributed by atoms with Crippen LogP contribution in [0.3, 0.4) is 0 Å². The van der Waals surface area contributed by atoms with Crippen molar-refractivity contribution in [1.29, 1.82) is 0 Å². The fourth-order valence-corrected chi connectivity index (χ4v) is 1.65. The summed E-state index contributed by atoms with van der Waals surface area (Å²) in [4.78, 5) is 0. The number of hydrogen-bond donors (Lipinski definition) is 2. The molecule has 0 aliphatic rings. The fourth-order valence-electron chi connectivity index (χ4n) is 1.65. The van der Waals surface area contributed by atoms with Crippen LogP contribution in [0.2, 0.25) is 0 Å². The van der Waals surface area contributed by atoms with Crippen LogP contribution < -0.4 is 0 Å². The number of aliphatic hydroxyl groups excluding tert-OH is 2. The van der Waals surface area contributed by atoms with Gasteiger partial charge in [0.05, 0.1) is 25.4 Å². The molecule has 2 unspecified atom stereocenters. The van der Waals surface area contributed by atoms with Gasteiger partial charge in [-0.3, -0.25) is 0 Å². The lowest BCUT2D eigenvalue weighted by Crippen LogP contribution is -2.22. The highest BCUT2D eigenvalue weighted by Gasteiger charge is 2.08. The lowest BCUT2D eigenvalue weighted by Gasteiger charge is -2.16. The minimum Gasteiger partial charge on any atom is -0.394 e. The average Bonchev–Trinajstić information content (AvgIpc) is 2.31. The van der Waals surface area contributed by atoms with Crippen LogP contribution in [0, 0.1) is 0 Å². The van der Waals surface area contributed by atoms with Gasteiger partial charge in [-0.1, -0.05) is 25.7 Å². The number of hydrogen-bond acceptors (Lipinski definition) is 4. The van der Waals surface area contributed by atoms with Crippen molar-refractivity contribution in [2.75, 3.05) is 26.9 Å². The molecule has 0 aliphatic heterocycles. The van der Waals surface area contributed by atoms with Gasteiger partial charge in [-0.15, -0.1) is 0 Å². The van der Waals surface area contributed by atoms with Gasteiger partial charge in [0.2, 0.25) is 0 Å². The Hall–Kier alpha value is -0.160. The third kappa shape index (κ3) is 12.1. The van der Waals surface area contributed by atoms with Crippen molar-refractivity contribution in [1.82, 2.24) is 0 Å². The maximum Gasteiger partial charge on any atom is 0.0807 e. The molecular formula is C13H28O4. The monoisotopic (exact) mass is 248 g/mol. The van der Waals surface area contributed by atoms with Crippen molar-refractivity contribution in [3.63, 3.8) is 0 Å². The summed E-state index contributed by atoms with van der Waals surface area (Å²) in [5.74, 6) is 0. The molecule has 0 spiro atoms. The quantitative estimate of drug-likeness (QED) is 0.516. The molecule has 0 aromatic heterocycles.